The fourth-order valence-electron chi connectivity index (χ4n) is 3.99. The molecular formula is C32H30Cl2N2O4. The molecule has 0 saturated carbocycles. The molecule has 0 atom stereocenters. The predicted molar refractivity (Wildman–Crippen MR) is 159 cm³/mol. The molecule has 0 radical (unpaired) electrons. The highest BCUT2D eigenvalue weighted by Gasteiger charge is 2.16. The third-order valence-electron chi connectivity index (χ3n) is 6.15. The van der Waals surface area contributed by atoms with Gasteiger partial charge in [0.15, 0.2) is 0 Å². The van der Waals surface area contributed by atoms with Crippen molar-refractivity contribution in [2.75, 3.05) is 18.5 Å². The van der Waals surface area contributed by atoms with Gasteiger partial charge in [0, 0.05) is 28.8 Å². The number of rotatable bonds is 11. The van der Waals surface area contributed by atoms with Crippen LogP contribution in [0.3, 0.4) is 0 Å². The molecule has 0 aromatic heterocycles. The molecular weight excluding hydrogens is 547 g/mol. The highest BCUT2D eigenvalue weighted by Crippen LogP contribution is 2.23. The lowest BCUT2D eigenvalue weighted by Gasteiger charge is -2.24. The van der Waals surface area contributed by atoms with E-state index in [2.05, 4.69) is 5.32 Å². The van der Waals surface area contributed by atoms with Gasteiger partial charge in [-0.2, -0.15) is 0 Å². The Labute approximate surface area is 244 Å². The van der Waals surface area contributed by atoms with Gasteiger partial charge in [-0.05, 0) is 78.6 Å². The minimum Gasteiger partial charge on any atom is -0.489 e. The third-order valence-corrected chi connectivity index (χ3v) is 6.73. The van der Waals surface area contributed by atoms with Gasteiger partial charge in [0.2, 0.25) is 0 Å². The standard InChI is InChI=1S/C32H30Cl2N2O4/c1-2-39-31(37)26-11-14-28(15-12-26)35-32(38)36(19-18-25-10-13-27(33)20-30(25)34)21-23-8-16-29(17-9-23)40-22-24-6-4-3-5-7-24/h3-17,20H,2,18-19,21-22H2,1H3,(H,35,38). The summed E-state index contributed by atoms with van der Waals surface area (Å²) in [5.74, 6) is 0.344. The fourth-order valence-corrected chi connectivity index (χ4v) is 4.49. The van der Waals surface area contributed by atoms with Crippen molar-refractivity contribution in [3.05, 3.63) is 129 Å². The maximum atomic E-state index is 13.4. The van der Waals surface area contributed by atoms with Crippen molar-refractivity contribution in [3.8, 4) is 5.75 Å². The maximum absolute atomic E-state index is 13.4. The van der Waals surface area contributed by atoms with Crippen molar-refractivity contribution in [1.29, 1.82) is 0 Å². The van der Waals surface area contributed by atoms with Gasteiger partial charge in [-0.1, -0.05) is 71.7 Å². The van der Waals surface area contributed by atoms with Gasteiger partial charge in [0.25, 0.3) is 0 Å². The topological polar surface area (TPSA) is 67.9 Å². The molecule has 206 valence electrons. The van der Waals surface area contributed by atoms with Crippen molar-refractivity contribution in [2.45, 2.75) is 26.5 Å². The Balaban J connectivity index is 1.44. The van der Waals surface area contributed by atoms with E-state index < -0.39 is 5.97 Å². The van der Waals surface area contributed by atoms with Gasteiger partial charge in [-0.3, -0.25) is 0 Å². The number of nitrogens with zero attached hydrogens (tertiary/aromatic N) is 1. The van der Waals surface area contributed by atoms with Crippen molar-refractivity contribution in [3.63, 3.8) is 0 Å². The summed E-state index contributed by atoms with van der Waals surface area (Å²) < 4.78 is 10.9. The van der Waals surface area contributed by atoms with Crippen molar-refractivity contribution < 1.29 is 19.1 Å². The Hall–Kier alpha value is -4.00. The number of halogens is 2. The number of carbonyl (C=O) groups is 2. The first-order valence-corrected chi connectivity index (χ1v) is 13.7. The molecule has 40 heavy (non-hydrogen) atoms. The predicted octanol–water partition coefficient (Wildman–Crippen LogP) is 8.03. The number of urea groups is 1. The van der Waals surface area contributed by atoms with E-state index in [1.807, 2.05) is 60.7 Å². The smallest absolute Gasteiger partial charge is 0.338 e. The Bertz CT molecular complexity index is 1410. The lowest BCUT2D eigenvalue weighted by atomic mass is 10.1. The highest BCUT2D eigenvalue weighted by molar-refractivity contribution is 6.35. The van der Waals surface area contributed by atoms with Crippen LogP contribution in [0, 0.1) is 0 Å². The average molecular weight is 578 g/mol. The van der Waals surface area contributed by atoms with Crippen LogP contribution >= 0.6 is 23.2 Å². The van der Waals surface area contributed by atoms with Crippen LogP contribution in [0.4, 0.5) is 10.5 Å². The number of esters is 1. The second kappa shape index (κ2) is 14.4. The van der Waals surface area contributed by atoms with E-state index in [0.29, 0.717) is 54.0 Å². The number of hydrogen-bond donors (Lipinski definition) is 1. The van der Waals surface area contributed by atoms with Crippen molar-refractivity contribution >= 4 is 40.9 Å². The minimum atomic E-state index is -0.405. The number of carbonyl (C=O) groups excluding carboxylic acids is 2. The van der Waals surface area contributed by atoms with E-state index in [-0.39, 0.29) is 6.03 Å². The minimum absolute atomic E-state index is 0.279. The summed E-state index contributed by atoms with van der Waals surface area (Å²) in [5.41, 5.74) is 3.92. The quantitative estimate of drug-likeness (QED) is 0.183. The number of nitrogens with one attached hydrogen (secondary N) is 1. The molecule has 0 aliphatic heterocycles. The van der Waals surface area contributed by atoms with E-state index in [9.17, 15) is 9.59 Å². The molecule has 0 heterocycles. The van der Waals surface area contributed by atoms with Crippen LogP contribution in [0.1, 0.15) is 34.0 Å². The second-order valence-electron chi connectivity index (χ2n) is 9.05. The largest absolute Gasteiger partial charge is 0.489 e. The van der Waals surface area contributed by atoms with Crippen molar-refractivity contribution in [2.24, 2.45) is 0 Å². The van der Waals surface area contributed by atoms with Crippen LogP contribution in [0.2, 0.25) is 10.0 Å². The zero-order valence-electron chi connectivity index (χ0n) is 22.1. The first-order valence-electron chi connectivity index (χ1n) is 12.9. The molecule has 0 aliphatic carbocycles. The summed E-state index contributed by atoms with van der Waals surface area (Å²) in [5, 5.41) is 4.04. The van der Waals surface area contributed by atoms with Crippen LogP contribution in [0.15, 0.2) is 97.1 Å². The number of anilines is 1. The molecule has 4 rings (SSSR count). The molecule has 8 heteroatoms. The Morgan fingerprint density at radius 1 is 0.850 bits per heavy atom. The van der Waals surface area contributed by atoms with E-state index in [1.165, 1.54) is 0 Å². The molecule has 1 N–H and O–H groups in total. The molecule has 0 aliphatic rings. The lowest BCUT2D eigenvalue weighted by Crippen LogP contribution is -2.36. The summed E-state index contributed by atoms with van der Waals surface area (Å²) in [7, 11) is 0. The molecule has 4 aromatic carbocycles. The SMILES string of the molecule is CCOC(=O)c1ccc(NC(=O)N(CCc2ccc(Cl)cc2Cl)Cc2ccc(OCc3ccccc3)cc2)cc1. The molecule has 2 amide bonds. The van der Waals surface area contributed by atoms with Gasteiger partial charge < -0.3 is 19.7 Å². The first-order chi connectivity index (χ1) is 19.4. The average Bonchev–Trinajstić information content (AvgIpc) is 2.96. The summed E-state index contributed by atoms with van der Waals surface area (Å²) in [6, 6.07) is 29.3. The molecule has 4 aromatic rings. The van der Waals surface area contributed by atoms with Crippen molar-refractivity contribution in [1.82, 2.24) is 4.90 Å². The monoisotopic (exact) mass is 576 g/mol. The van der Waals surface area contributed by atoms with Crippen LogP contribution in [-0.4, -0.2) is 30.1 Å². The number of amides is 2. The molecule has 0 spiro atoms. The highest BCUT2D eigenvalue weighted by atomic mass is 35.5. The van der Waals surface area contributed by atoms with Crippen LogP contribution in [-0.2, 0) is 24.3 Å². The van der Waals surface area contributed by atoms with Gasteiger partial charge in [-0.15, -0.1) is 0 Å². The van der Waals surface area contributed by atoms with Crippen LogP contribution < -0.4 is 10.1 Å². The van der Waals surface area contributed by atoms with E-state index in [0.717, 1.165) is 22.4 Å². The zero-order valence-corrected chi connectivity index (χ0v) is 23.6. The second-order valence-corrected chi connectivity index (χ2v) is 9.90. The van der Waals surface area contributed by atoms with Gasteiger partial charge in [0.05, 0.1) is 12.2 Å². The van der Waals surface area contributed by atoms with E-state index >= 15 is 0 Å². The van der Waals surface area contributed by atoms with E-state index in [1.54, 1.807) is 48.2 Å². The molecule has 6 nitrogen and oxygen atoms in total. The molecule has 0 unspecified atom stereocenters. The number of benzene rings is 4. The molecule has 0 fully saturated rings. The summed E-state index contributed by atoms with van der Waals surface area (Å²) in [6.07, 6.45) is 0.545. The number of hydrogen-bond acceptors (Lipinski definition) is 4. The molecule has 0 saturated heterocycles. The van der Waals surface area contributed by atoms with Gasteiger partial charge >= 0.3 is 12.0 Å². The number of ether oxygens (including phenoxy) is 2. The fraction of sp³-hybridized carbons (Fsp3) is 0.188. The maximum Gasteiger partial charge on any atom is 0.338 e. The Morgan fingerprint density at radius 2 is 1.57 bits per heavy atom. The zero-order chi connectivity index (χ0) is 28.3. The first kappa shape index (κ1) is 29.0. The van der Waals surface area contributed by atoms with E-state index in [4.69, 9.17) is 32.7 Å². The summed E-state index contributed by atoms with van der Waals surface area (Å²) in [6.45, 7) is 3.32. The Kier molecular flexibility index (Phi) is 10.4. The Morgan fingerprint density at radius 3 is 2.25 bits per heavy atom. The van der Waals surface area contributed by atoms with Crippen LogP contribution in [0.25, 0.3) is 0 Å². The normalized spacial score (nSPS) is 10.6. The molecule has 0 bridgehead atoms. The lowest BCUT2D eigenvalue weighted by molar-refractivity contribution is 0.0526. The van der Waals surface area contributed by atoms with Crippen LogP contribution in [0.5, 0.6) is 5.75 Å². The van der Waals surface area contributed by atoms with Gasteiger partial charge in [0.1, 0.15) is 12.4 Å². The van der Waals surface area contributed by atoms with Gasteiger partial charge in [-0.25, -0.2) is 9.59 Å². The summed E-state index contributed by atoms with van der Waals surface area (Å²) >= 11 is 12.4. The third kappa shape index (κ3) is 8.50. The summed E-state index contributed by atoms with van der Waals surface area (Å²) in [4.78, 5) is 27.0.